The molecule has 6 rings (SSSR count). The number of aromatic nitrogens is 1. The van der Waals surface area contributed by atoms with E-state index in [0.29, 0.717) is 17.8 Å². The predicted octanol–water partition coefficient (Wildman–Crippen LogP) is 4.53. The number of hydrogen-bond donors (Lipinski definition) is 1. The third kappa shape index (κ3) is 2.66. The van der Waals surface area contributed by atoms with Crippen molar-refractivity contribution in [1.29, 1.82) is 0 Å². The van der Waals surface area contributed by atoms with E-state index < -0.39 is 0 Å². The number of benzene rings is 1. The van der Waals surface area contributed by atoms with E-state index in [-0.39, 0.29) is 16.4 Å². The molecule has 1 N–H and O–H groups in total. The highest BCUT2D eigenvalue weighted by molar-refractivity contribution is 8.15. The van der Waals surface area contributed by atoms with Crippen molar-refractivity contribution in [2.45, 2.75) is 44.9 Å². The second kappa shape index (κ2) is 5.99. The van der Waals surface area contributed by atoms with Gasteiger partial charge in [-0.1, -0.05) is 49.4 Å². The lowest BCUT2D eigenvalue weighted by Gasteiger charge is -2.56. The number of hydrogen-bond acceptors (Lipinski definition) is 3. The Morgan fingerprint density at radius 2 is 2.11 bits per heavy atom. The number of rotatable bonds is 4. The van der Waals surface area contributed by atoms with Gasteiger partial charge in [0.25, 0.3) is 5.24 Å². The normalized spacial score (nSPS) is 28.8. The molecule has 4 aliphatic rings. The maximum absolute atomic E-state index is 11.9. The van der Waals surface area contributed by atoms with Crippen molar-refractivity contribution in [1.82, 2.24) is 9.88 Å². The van der Waals surface area contributed by atoms with Crippen LogP contribution in [0.2, 0.25) is 0 Å². The van der Waals surface area contributed by atoms with Gasteiger partial charge in [-0.2, -0.15) is 0 Å². The zero-order chi connectivity index (χ0) is 18.8. The van der Waals surface area contributed by atoms with Gasteiger partial charge in [-0.15, -0.1) is 0 Å². The molecule has 1 aromatic heterocycles. The minimum absolute atomic E-state index is 0.171. The molecule has 27 heavy (non-hydrogen) atoms. The summed E-state index contributed by atoms with van der Waals surface area (Å²) in [6.07, 6.45) is 7.77. The summed E-state index contributed by atoms with van der Waals surface area (Å²) in [5.41, 5.74) is 4.36. The molecule has 0 spiro atoms. The molecule has 1 unspecified atom stereocenters. The maximum atomic E-state index is 11.9. The fourth-order valence-electron chi connectivity index (χ4n) is 5.18. The lowest BCUT2D eigenvalue weighted by molar-refractivity contribution is -0.118. The van der Waals surface area contributed by atoms with E-state index in [1.165, 1.54) is 23.7 Å². The van der Waals surface area contributed by atoms with Crippen LogP contribution in [0.15, 0.2) is 42.1 Å². The first-order chi connectivity index (χ1) is 12.9. The predicted molar refractivity (Wildman–Crippen MR) is 109 cm³/mol. The molecule has 3 aliphatic carbocycles. The molecule has 1 aromatic carbocycles. The van der Waals surface area contributed by atoms with Crippen molar-refractivity contribution < 1.29 is 9.59 Å². The molecule has 2 bridgehead atoms. The lowest BCUT2D eigenvalue weighted by Crippen LogP contribution is -2.48. The SMILES string of the molecule is CC1(C)[C@H]2CC=C(Cn3ccc4c(CC5SC(=O)NC5=O)cccc43)[C@H]1C2. The molecular formula is C22H24N2O2S. The van der Waals surface area contributed by atoms with Gasteiger partial charge in [0.15, 0.2) is 0 Å². The van der Waals surface area contributed by atoms with Gasteiger partial charge < -0.3 is 4.57 Å². The highest BCUT2D eigenvalue weighted by Gasteiger charge is 2.50. The summed E-state index contributed by atoms with van der Waals surface area (Å²) in [6.45, 7) is 5.78. The van der Waals surface area contributed by atoms with Crippen LogP contribution in [0.1, 0.15) is 32.3 Å². The van der Waals surface area contributed by atoms with E-state index in [2.05, 4.69) is 60.3 Å². The van der Waals surface area contributed by atoms with Gasteiger partial charge in [0.1, 0.15) is 0 Å². The summed E-state index contributed by atoms with van der Waals surface area (Å²) in [7, 11) is 0. The molecule has 0 radical (unpaired) electrons. The summed E-state index contributed by atoms with van der Waals surface area (Å²) < 4.78 is 2.34. The number of amides is 2. The first-order valence-corrected chi connectivity index (χ1v) is 10.6. The monoisotopic (exact) mass is 380 g/mol. The number of fused-ring (bicyclic) bond motifs is 2. The van der Waals surface area contributed by atoms with E-state index in [9.17, 15) is 9.59 Å². The van der Waals surface area contributed by atoms with E-state index in [1.807, 2.05) is 0 Å². The van der Waals surface area contributed by atoms with Crippen molar-refractivity contribution in [3.8, 4) is 0 Å². The molecule has 1 saturated carbocycles. The Kier molecular flexibility index (Phi) is 3.80. The molecule has 5 heteroatoms. The topological polar surface area (TPSA) is 51.1 Å². The molecule has 2 amide bonds. The molecule has 2 heterocycles. The lowest BCUT2D eigenvalue weighted by atomic mass is 9.49. The molecular weight excluding hydrogens is 356 g/mol. The van der Waals surface area contributed by atoms with E-state index in [0.717, 1.165) is 29.8 Å². The zero-order valence-electron chi connectivity index (χ0n) is 15.7. The minimum Gasteiger partial charge on any atom is -0.343 e. The number of nitrogens with zero attached hydrogens (tertiary/aromatic N) is 1. The Morgan fingerprint density at radius 1 is 1.26 bits per heavy atom. The van der Waals surface area contributed by atoms with Crippen LogP contribution in [-0.4, -0.2) is 21.0 Å². The van der Waals surface area contributed by atoms with Gasteiger partial charge >= 0.3 is 0 Å². The van der Waals surface area contributed by atoms with Crippen LogP contribution in [0.5, 0.6) is 0 Å². The summed E-state index contributed by atoms with van der Waals surface area (Å²) in [4.78, 5) is 23.4. The van der Waals surface area contributed by atoms with Crippen molar-refractivity contribution in [3.05, 3.63) is 47.7 Å². The van der Waals surface area contributed by atoms with Gasteiger partial charge in [0.05, 0.1) is 5.25 Å². The van der Waals surface area contributed by atoms with Crippen LogP contribution < -0.4 is 5.32 Å². The highest BCUT2D eigenvalue weighted by Crippen LogP contribution is 2.59. The van der Waals surface area contributed by atoms with Crippen LogP contribution in [0, 0.1) is 17.3 Å². The smallest absolute Gasteiger partial charge is 0.286 e. The van der Waals surface area contributed by atoms with Gasteiger partial charge in [-0.05, 0) is 54.2 Å². The average molecular weight is 381 g/mol. The minimum atomic E-state index is -0.319. The first-order valence-electron chi connectivity index (χ1n) is 9.70. The summed E-state index contributed by atoms with van der Waals surface area (Å²) in [5, 5.41) is 3.02. The molecule has 4 nitrogen and oxygen atoms in total. The quantitative estimate of drug-likeness (QED) is 0.793. The van der Waals surface area contributed by atoms with Crippen LogP contribution in [0.4, 0.5) is 4.79 Å². The summed E-state index contributed by atoms with van der Waals surface area (Å²) in [5.74, 6) is 1.40. The van der Waals surface area contributed by atoms with E-state index in [1.54, 1.807) is 5.57 Å². The van der Waals surface area contributed by atoms with Crippen molar-refractivity contribution in [2.24, 2.45) is 17.3 Å². The standard InChI is InChI=1S/C22H24N2O2S/c1-22(2)15-7-6-14(17(22)11-15)12-24-9-8-16-13(4-3-5-18(16)24)10-19-20(25)23-21(26)27-19/h3-6,8-9,15,17,19H,7,10-12H2,1-2H3,(H,23,25,26)/t15-,17+,19?/m0/s1. The summed E-state index contributed by atoms with van der Waals surface area (Å²) >= 11 is 1.10. The van der Waals surface area contributed by atoms with Crippen LogP contribution in [-0.2, 0) is 17.8 Å². The van der Waals surface area contributed by atoms with Gasteiger partial charge in [0.2, 0.25) is 5.91 Å². The van der Waals surface area contributed by atoms with Crippen LogP contribution in [0.25, 0.3) is 10.9 Å². The number of imide groups is 1. The molecule has 2 aromatic rings. The van der Waals surface area contributed by atoms with Gasteiger partial charge in [-0.25, -0.2) is 0 Å². The fraction of sp³-hybridized carbons (Fsp3) is 0.455. The van der Waals surface area contributed by atoms with Crippen LogP contribution >= 0.6 is 11.8 Å². The Balaban J connectivity index is 1.42. The highest BCUT2D eigenvalue weighted by atomic mass is 32.2. The Morgan fingerprint density at radius 3 is 2.81 bits per heavy atom. The van der Waals surface area contributed by atoms with E-state index >= 15 is 0 Å². The van der Waals surface area contributed by atoms with Crippen molar-refractivity contribution in [3.63, 3.8) is 0 Å². The second-order valence-electron chi connectivity index (χ2n) is 8.70. The number of carbonyl (C=O) groups is 2. The largest absolute Gasteiger partial charge is 0.343 e. The third-order valence-corrected chi connectivity index (χ3v) is 7.99. The average Bonchev–Trinajstić information content (AvgIpc) is 3.18. The number of nitrogens with one attached hydrogen (secondary N) is 1. The Hall–Kier alpha value is -2.01. The Labute approximate surface area is 163 Å². The number of carbonyl (C=O) groups excluding carboxylic acids is 2. The molecule has 1 saturated heterocycles. The van der Waals surface area contributed by atoms with Crippen molar-refractivity contribution >= 4 is 33.8 Å². The number of thioether (sulfide) groups is 1. The van der Waals surface area contributed by atoms with Gasteiger partial charge in [0, 0.05) is 23.6 Å². The zero-order valence-corrected chi connectivity index (χ0v) is 16.5. The first kappa shape index (κ1) is 17.1. The number of allylic oxidation sites excluding steroid dienone is 2. The molecule has 2 fully saturated rings. The molecule has 3 atom stereocenters. The second-order valence-corrected chi connectivity index (χ2v) is 9.88. The third-order valence-electron chi connectivity index (χ3n) is 7.01. The van der Waals surface area contributed by atoms with E-state index in [4.69, 9.17) is 0 Å². The fourth-order valence-corrected chi connectivity index (χ4v) is 6.03. The molecule has 140 valence electrons. The maximum Gasteiger partial charge on any atom is 0.286 e. The summed E-state index contributed by atoms with van der Waals surface area (Å²) in [6, 6.07) is 8.45. The molecule has 1 aliphatic heterocycles. The Bertz CT molecular complexity index is 987. The van der Waals surface area contributed by atoms with Crippen molar-refractivity contribution in [2.75, 3.05) is 0 Å². The van der Waals surface area contributed by atoms with Gasteiger partial charge in [-0.3, -0.25) is 14.9 Å². The van der Waals surface area contributed by atoms with Crippen LogP contribution in [0.3, 0.4) is 0 Å².